The first-order valence-electron chi connectivity index (χ1n) is 13.1. The molecule has 0 radical (unpaired) electrons. The Morgan fingerprint density at radius 2 is 1.72 bits per heavy atom. The molecule has 1 aromatic heterocycles. The summed E-state index contributed by atoms with van der Waals surface area (Å²) in [7, 11) is 1.34. The zero-order valence-corrected chi connectivity index (χ0v) is 24.6. The number of anilines is 1. The fourth-order valence-electron chi connectivity index (χ4n) is 4.46. The molecule has 0 bridgehead atoms. The van der Waals surface area contributed by atoms with E-state index in [0.29, 0.717) is 18.7 Å². The third-order valence-corrected chi connectivity index (χ3v) is 9.91. The molecule has 1 aliphatic rings. The molecule has 10 nitrogen and oxygen atoms in total. The first-order valence-corrected chi connectivity index (χ1v) is 15.4. The molecule has 3 aromatic rings. The second kappa shape index (κ2) is 12.9. The van der Waals surface area contributed by atoms with Crippen LogP contribution in [0.25, 0.3) is 10.2 Å². The van der Waals surface area contributed by atoms with Crippen LogP contribution in [0.1, 0.15) is 30.1 Å². The Hall–Kier alpha value is -2.93. The highest BCUT2D eigenvalue weighted by atomic mass is 32.2. The Kier molecular flexibility index (Phi) is 9.65. The van der Waals surface area contributed by atoms with Crippen molar-refractivity contribution >= 4 is 42.6 Å². The van der Waals surface area contributed by atoms with Gasteiger partial charge in [-0.05, 0) is 42.8 Å². The van der Waals surface area contributed by atoms with Crippen molar-refractivity contribution in [1.82, 2.24) is 19.5 Å². The van der Waals surface area contributed by atoms with E-state index in [2.05, 4.69) is 15.1 Å². The number of nitrogens with one attached hydrogen (secondary N) is 1. The van der Waals surface area contributed by atoms with E-state index in [1.54, 1.807) is 44.7 Å². The number of amides is 1. The van der Waals surface area contributed by atoms with Gasteiger partial charge in [-0.15, -0.1) is 0 Å². The highest BCUT2D eigenvalue weighted by molar-refractivity contribution is 7.89. The minimum absolute atomic E-state index is 0.195. The Morgan fingerprint density at radius 1 is 1.05 bits per heavy atom. The van der Waals surface area contributed by atoms with E-state index in [0.717, 1.165) is 72.4 Å². The van der Waals surface area contributed by atoms with E-state index in [9.17, 15) is 13.2 Å². The van der Waals surface area contributed by atoms with E-state index in [4.69, 9.17) is 14.5 Å². The molecule has 1 saturated heterocycles. The molecule has 1 N–H and O–H groups in total. The highest BCUT2D eigenvalue weighted by Crippen LogP contribution is 2.40. The lowest BCUT2D eigenvalue weighted by Crippen LogP contribution is -2.48. The van der Waals surface area contributed by atoms with Gasteiger partial charge in [-0.25, -0.2) is 17.7 Å². The minimum Gasteiger partial charge on any atom is -0.495 e. The standard InChI is InChI=1S/C27H37N5O5S2/c1-5-6-14-30(2)39(34,35)21-9-7-20(8-10-21)26(33)28-13-15-31-16-18-32(19-17-31)27-29-24-22(36-3)11-12-23(37-4)25(24)38-27/h7-12H,5-6,13-19H2,1-4H3,(H,28,33). The van der Waals surface area contributed by atoms with Gasteiger partial charge in [0.1, 0.15) is 21.7 Å². The zero-order valence-electron chi connectivity index (χ0n) is 23.0. The van der Waals surface area contributed by atoms with Crippen LogP contribution >= 0.6 is 11.3 Å². The van der Waals surface area contributed by atoms with E-state index < -0.39 is 10.0 Å². The summed E-state index contributed by atoms with van der Waals surface area (Å²) in [6.45, 7) is 7.12. The molecule has 0 aliphatic carbocycles. The number of carbonyl (C=O) groups is 1. The van der Waals surface area contributed by atoms with Crippen molar-refractivity contribution in [2.24, 2.45) is 0 Å². The summed E-state index contributed by atoms with van der Waals surface area (Å²) < 4.78 is 38.7. The van der Waals surface area contributed by atoms with E-state index >= 15 is 0 Å². The Balaban J connectivity index is 1.26. The van der Waals surface area contributed by atoms with Gasteiger partial charge >= 0.3 is 0 Å². The summed E-state index contributed by atoms with van der Waals surface area (Å²) in [5, 5.41) is 3.90. The van der Waals surface area contributed by atoms with Gasteiger partial charge in [0.25, 0.3) is 5.91 Å². The second-order valence-electron chi connectivity index (χ2n) is 9.43. The molecule has 2 heterocycles. The first-order chi connectivity index (χ1) is 18.8. The van der Waals surface area contributed by atoms with Crippen LogP contribution in [0.5, 0.6) is 11.5 Å². The number of hydrogen-bond donors (Lipinski definition) is 1. The lowest BCUT2D eigenvalue weighted by atomic mass is 10.2. The van der Waals surface area contributed by atoms with Gasteiger partial charge in [0, 0.05) is 58.4 Å². The molecule has 2 aromatic carbocycles. The van der Waals surface area contributed by atoms with Crippen LogP contribution in [-0.4, -0.2) is 95.6 Å². The number of sulfonamides is 1. The maximum absolute atomic E-state index is 12.7. The van der Waals surface area contributed by atoms with Crippen molar-refractivity contribution in [2.45, 2.75) is 24.7 Å². The fraction of sp³-hybridized carbons (Fsp3) is 0.481. The number of piperazine rings is 1. The number of fused-ring (bicyclic) bond motifs is 1. The molecular formula is C27H37N5O5S2. The second-order valence-corrected chi connectivity index (χ2v) is 12.5. The van der Waals surface area contributed by atoms with E-state index in [-0.39, 0.29) is 10.8 Å². The Labute approximate surface area is 234 Å². The van der Waals surface area contributed by atoms with Gasteiger partial charge in [0.15, 0.2) is 5.13 Å². The molecule has 0 unspecified atom stereocenters. The average Bonchev–Trinajstić information content (AvgIpc) is 3.41. The number of methoxy groups -OCH3 is 2. The molecule has 4 rings (SSSR count). The Bertz CT molecular complexity index is 1330. The van der Waals surface area contributed by atoms with Crippen molar-refractivity contribution in [3.63, 3.8) is 0 Å². The monoisotopic (exact) mass is 575 g/mol. The predicted molar refractivity (Wildman–Crippen MR) is 155 cm³/mol. The quantitative estimate of drug-likeness (QED) is 0.351. The lowest BCUT2D eigenvalue weighted by molar-refractivity contribution is 0.0947. The largest absolute Gasteiger partial charge is 0.495 e. The van der Waals surface area contributed by atoms with Crippen LogP contribution in [0.15, 0.2) is 41.3 Å². The van der Waals surface area contributed by atoms with Crippen molar-refractivity contribution in [2.75, 3.05) is 72.0 Å². The van der Waals surface area contributed by atoms with Crippen LogP contribution in [0, 0.1) is 0 Å². The van der Waals surface area contributed by atoms with E-state index in [1.807, 2.05) is 19.1 Å². The molecule has 0 atom stereocenters. The van der Waals surface area contributed by atoms with Crippen LogP contribution in [-0.2, 0) is 10.0 Å². The van der Waals surface area contributed by atoms with Crippen molar-refractivity contribution in [3.05, 3.63) is 42.0 Å². The predicted octanol–water partition coefficient (Wildman–Crippen LogP) is 3.29. The van der Waals surface area contributed by atoms with Crippen LogP contribution in [0.3, 0.4) is 0 Å². The SMILES string of the molecule is CCCCN(C)S(=O)(=O)c1ccc(C(=O)NCCN2CCN(c3nc4c(OC)ccc(OC)c4s3)CC2)cc1. The van der Waals surface area contributed by atoms with Gasteiger partial charge in [-0.1, -0.05) is 24.7 Å². The molecule has 1 aliphatic heterocycles. The third-order valence-electron chi connectivity index (χ3n) is 6.91. The maximum atomic E-state index is 12.7. The number of unbranched alkanes of at least 4 members (excludes halogenated alkanes) is 1. The number of carbonyl (C=O) groups excluding carboxylic acids is 1. The number of ether oxygens (including phenoxy) is 2. The summed E-state index contributed by atoms with van der Waals surface area (Å²) in [4.78, 5) is 22.2. The summed E-state index contributed by atoms with van der Waals surface area (Å²) in [6, 6.07) is 9.91. The Morgan fingerprint density at radius 3 is 2.36 bits per heavy atom. The van der Waals surface area contributed by atoms with Gasteiger partial charge in [0.2, 0.25) is 10.0 Å². The third kappa shape index (κ3) is 6.63. The number of benzene rings is 2. The van der Waals surface area contributed by atoms with E-state index in [1.165, 1.54) is 16.4 Å². The van der Waals surface area contributed by atoms with Crippen LogP contribution in [0.4, 0.5) is 5.13 Å². The summed E-state index contributed by atoms with van der Waals surface area (Å²) in [5.74, 6) is 1.31. The maximum Gasteiger partial charge on any atom is 0.251 e. The van der Waals surface area contributed by atoms with Crippen LogP contribution in [0.2, 0.25) is 0 Å². The van der Waals surface area contributed by atoms with Crippen molar-refractivity contribution in [3.8, 4) is 11.5 Å². The summed E-state index contributed by atoms with van der Waals surface area (Å²) in [6.07, 6.45) is 1.72. The van der Waals surface area contributed by atoms with Crippen molar-refractivity contribution < 1.29 is 22.7 Å². The highest BCUT2D eigenvalue weighted by Gasteiger charge is 2.23. The molecule has 0 spiro atoms. The topological polar surface area (TPSA) is 104 Å². The lowest BCUT2D eigenvalue weighted by Gasteiger charge is -2.34. The number of rotatable bonds is 12. The molecule has 1 fully saturated rings. The van der Waals surface area contributed by atoms with Gasteiger partial charge in [-0.3, -0.25) is 9.69 Å². The number of nitrogens with zero attached hydrogens (tertiary/aromatic N) is 4. The molecule has 0 saturated carbocycles. The molecule has 1 amide bonds. The number of hydrogen-bond acceptors (Lipinski definition) is 9. The van der Waals surface area contributed by atoms with Crippen LogP contribution < -0.4 is 19.7 Å². The molecule has 212 valence electrons. The molecule has 39 heavy (non-hydrogen) atoms. The minimum atomic E-state index is -3.55. The molecular weight excluding hydrogens is 538 g/mol. The van der Waals surface area contributed by atoms with Gasteiger partial charge in [0.05, 0.1) is 19.1 Å². The van der Waals surface area contributed by atoms with Gasteiger partial charge in [-0.2, -0.15) is 0 Å². The number of aromatic nitrogens is 1. The zero-order chi connectivity index (χ0) is 28.0. The fourth-order valence-corrected chi connectivity index (χ4v) is 6.80. The molecule has 12 heteroatoms. The first kappa shape index (κ1) is 29.1. The smallest absolute Gasteiger partial charge is 0.251 e. The van der Waals surface area contributed by atoms with Crippen molar-refractivity contribution in [1.29, 1.82) is 0 Å². The van der Waals surface area contributed by atoms with Gasteiger partial charge < -0.3 is 19.7 Å². The summed E-state index contributed by atoms with van der Waals surface area (Å²) in [5.41, 5.74) is 1.26. The normalized spacial score (nSPS) is 14.6. The number of thiazole rings is 1. The summed E-state index contributed by atoms with van der Waals surface area (Å²) >= 11 is 1.61. The average molecular weight is 576 g/mol.